The van der Waals surface area contributed by atoms with Gasteiger partial charge in [-0.2, -0.15) is 0 Å². The summed E-state index contributed by atoms with van der Waals surface area (Å²) in [5.41, 5.74) is 1.17. The lowest BCUT2D eigenvalue weighted by molar-refractivity contribution is 0.0798. The third-order valence-electron chi connectivity index (χ3n) is 2.94. The molecule has 4 heteroatoms. The monoisotopic (exact) mass is 259 g/mol. The molecule has 0 radical (unpaired) electrons. The molecular formula is C12H18ClNOS. The Morgan fingerprint density at radius 3 is 3.00 bits per heavy atom. The van der Waals surface area contributed by atoms with Crippen LogP contribution in [0.5, 0.6) is 0 Å². The van der Waals surface area contributed by atoms with Crippen LogP contribution in [-0.4, -0.2) is 19.3 Å². The van der Waals surface area contributed by atoms with Gasteiger partial charge < -0.3 is 10.1 Å². The number of hydrogen-bond donors (Lipinski definition) is 1. The van der Waals surface area contributed by atoms with Crippen molar-refractivity contribution < 1.29 is 4.74 Å². The molecule has 0 spiro atoms. The lowest BCUT2D eigenvalue weighted by Crippen LogP contribution is -2.30. The molecule has 0 amide bonds. The summed E-state index contributed by atoms with van der Waals surface area (Å²) >= 11 is 7.80. The van der Waals surface area contributed by atoms with E-state index in [-0.39, 0.29) is 0 Å². The first-order valence-corrected chi connectivity index (χ1v) is 7.02. The van der Waals surface area contributed by atoms with Crippen molar-refractivity contribution in [3.63, 3.8) is 0 Å². The Kier molecular flexibility index (Phi) is 4.25. The number of likely N-dealkylation sites (N-methyl/N-ethyl adjacent to an activating group) is 1. The van der Waals surface area contributed by atoms with Crippen molar-refractivity contribution in [1.82, 2.24) is 5.32 Å². The summed E-state index contributed by atoms with van der Waals surface area (Å²) in [6, 6.07) is 2.49. The van der Waals surface area contributed by atoms with Crippen LogP contribution in [0.4, 0.5) is 0 Å². The van der Waals surface area contributed by atoms with Gasteiger partial charge in [0, 0.05) is 11.5 Å². The normalized spacial score (nSPS) is 22.6. The van der Waals surface area contributed by atoms with E-state index in [1.54, 1.807) is 11.3 Å². The molecule has 16 heavy (non-hydrogen) atoms. The minimum absolute atomic E-state index is 0.309. The van der Waals surface area contributed by atoms with Gasteiger partial charge in [0.25, 0.3) is 0 Å². The van der Waals surface area contributed by atoms with Gasteiger partial charge in [-0.15, -0.1) is 11.3 Å². The van der Waals surface area contributed by atoms with E-state index >= 15 is 0 Å². The van der Waals surface area contributed by atoms with Gasteiger partial charge in [0.1, 0.15) is 0 Å². The molecule has 2 heterocycles. The summed E-state index contributed by atoms with van der Waals surface area (Å²) in [5.74, 6) is 0. The second-order valence-corrected chi connectivity index (χ2v) is 5.88. The molecule has 1 aromatic heterocycles. The van der Waals surface area contributed by atoms with Gasteiger partial charge in [-0.1, -0.05) is 18.5 Å². The van der Waals surface area contributed by atoms with Gasteiger partial charge in [-0.3, -0.25) is 0 Å². The summed E-state index contributed by atoms with van der Waals surface area (Å²) in [5, 5.41) is 3.51. The van der Waals surface area contributed by atoms with E-state index in [9.17, 15) is 0 Å². The number of hydrogen-bond acceptors (Lipinski definition) is 3. The molecule has 2 nitrogen and oxygen atoms in total. The fraction of sp³-hybridized carbons (Fsp3) is 0.667. The number of aryl methyl sites for hydroxylation is 1. The van der Waals surface area contributed by atoms with Crippen LogP contribution >= 0.6 is 22.9 Å². The van der Waals surface area contributed by atoms with Crippen LogP contribution in [0.15, 0.2) is 6.07 Å². The summed E-state index contributed by atoms with van der Waals surface area (Å²) < 4.78 is 6.67. The van der Waals surface area contributed by atoms with Crippen LogP contribution in [0, 0.1) is 6.92 Å². The molecule has 1 N–H and O–H groups in total. The SMILES string of the molecule is CCNC(c1cc(C)c(Cl)s1)C1CCCO1. The Morgan fingerprint density at radius 2 is 2.50 bits per heavy atom. The van der Waals surface area contributed by atoms with E-state index < -0.39 is 0 Å². The highest BCUT2D eigenvalue weighted by molar-refractivity contribution is 7.16. The van der Waals surface area contributed by atoms with Crippen LogP contribution < -0.4 is 5.32 Å². The van der Waals surface area contributed by atoms with Crippen molar-refractivity contribution in [2.75, 3.05) is 13.2 Å². The maximum atomic E-state index is 6.13. The van der Waals surface area contributed by atoms with Crippen LogP contribution in [0.2, 0.25) is 4.34 Å². The second kappa shape index (κ2) is 5.50. The molecule has 0 bridgehead atoms. The highest BCUT2D eigenvalue weighted by atomic mass is 35.5. The molecule has 1 aliphatic heterocycles. The zero-order valence-electron chi connectivity index (χ0n) is 9.75. The lowest BCUT2D eigenvalue weighted by Gasteiger charge is -2.22. The van der Waals surface area contributed by atoms with Gasteiger partial charge >= 0.3 is 0 Å². The Labute approximate surface area is 106 Å². The van der Waals surface area contributed by atoms with Crippen LogP contribution in [-0.2, 0) is 4.74 Å². The quantitative estimate of drug-likeness (QED) is 0.893. The van der Waals surface area contributed by atoms with Gasteiger partial charge in [0.15, 0.2) is 0 Å². The van der Waals surface area contributed by atoms with Crippen molar-refractivity contribution in [2.45, 2.75) is 38.8 Å². The molecule has 0 aromatic carbocycles. The fourth-order valence-electron chi connectivity index (χ4n) is 2.14. The summed E-state index contributed by atoms with van der Waals surface area (Å²) in [6.45, 7) is 6.04. The van der Waals surface area contributed by atoms with Crippen molar-refractivity contribution in [3.8, 4) is 0 Å². The molecule has 0 saturated carbocycles. The van der Waals surface area contributed by atoms with Crippen LogP contribution in [0.25, 0.3) is 0 Å². The van der Waals surface area contributed by atoms with Gasteiger partial charge in [-0.25, -0.2) is 0 Å². The van der Waals surface area contributed by atoms with Gasteiger partial charge in [0.05, 0.1) is 16.5 Å². The molecule has 1 fully saturated rings. The Morgan fingerprint density at radius 1 is 1.69 bits per heavy atom. The Hall–Kier alpha value is -0.0900. The van der Waals surface area contributed by atoms with E-state index in [2.05, 4.69) is 25.2 Å². The molecule has 1 aliphatic rings. The van der Waals surface area contributed by atoms with Crippen molar-refractivity contribution in [1.29, 1.82) is 0 Å². The van der Waals surface area contributed by atoms with Gasteiger partial charge in [0.2, 0.25) is 0 Å². The average Bonchev–Trinajstić information content (AvgIpc) is 2.86. The molecule has 1 saturated heterocycles. The van der Waals surface area contributed by atoms with E-state index in [1.165, 1.54) is 16.9 Å². The van der Waals surface area contributed by atoms with Crippen molar-refractivity contribution >= 4 is 22.9 Å². The number of halogens is 1. The highest BCUT2D eigenvalue weighted by Gasteiger charge is 2.28. The first-order chi connectivity index (χ1) is 7.72. The highest BCUT2D eigenvalue weighted by Crippen LogP contribution is 2.35. The van der Waals surface area contributed by atoms with E-state index in [0.29, 0.717) is 12.1 Å². The maximum Gasteiger partial charge on any atom is 0.0960 e. The zero-order chi connectivity index (χ0) is 11.5. The van der Waals surface area contributed by atoms with Crippen molar-refractivity contribution in [2.24, 2.45) is 0 Å². The molecule has 2 rings (SSSR count). The van der Waals surface area contributed by atoms with Crippen LogP contribution in [0.3, 0.4) is 0 Å². The van der Waals surface area contributed by atoms with E-state index in [0.717, 1.165) is 23.9 Å². The number of ether oxygens (including phenoxy) is 1. The first kappa shape index (κ1) is 12.4. The molecule has 1 aromatic rings. The molecular weight excluding hydrogens is 242 g/mol. The molecule has 2 unspecified atom stereocenters. The summed E-state index contributed by atoms with van der Waals surface area (Å²) in [7, 11) is 0. The molecule has 0 aliphatic carbocycles. The number of thiophene rings is 1. The predicted molar refractivity (Wildman–Crippen MR) is 69.5 cm³/mol. The summed E-state index contributed by atoms with van der Waals surface area (Å²) in [6.07, 6.45) is 2.63. The lowest BCUT2D eigenvalue weighted by atomic mass is 10.1. The molecule has 90 valence electrons. The summed E-state index contributed by atoms with van der Waals surface area (Å²) in [4.78, 5) is 1.30. The largest absolute Gasteiger partial charge is 0.376 e. The van der Waals surface area contributed by atoms with E-state index in [4.69, 9.17) is 16.3 Å². The second-order valence-electron chi connectivity index (χ2n) is 4.19. The standard InChI is InChI=1S/C12H18ClNOS/c1-3-14-11(9-5-4-6-15-9)10-7-8(2)12(13)16-10/h7,9,11,14H,3-6H2,1-2H3. The predicted octanol–water partition coefficient (Wildman–Crippen LogP) is 3.54. The minimum Gasteiger partial charge on any atom is -0.376 e. The molecule has 2 atom stereocenters. The average molecular weight is 260 g/mol. The fourth-order valence-corrected chi connectivity index (χ4v) is 3.48. The minimum atomic E-state index is 0.309. The third kappa shape index (κ3) is 2.59. The third-order valence-corrected chi connectivity index (χ3v) is 4.58. The van der Waals surface area contributed by atoms with Crippen LogP contribution in [0.1, 0.15) is 36.2 Å². The van der Waals surface area contributed by atoms with E-state index in [1.807, 2.05) is 0 Å². The topological polar surface area (TPSA) is 21.3 Å². The number of rotatable bonds is 4. The Bertz CT molecular complexity index is 327. The van der Waals surface area contributed by atoms with Gasteiger partial charge in [-0.05, 0) is 37.9 Å². The number of nitrogens with one attached hydrogen (secondary N) is 1. The first-order valence-electron chi connectivity index (χ1n) is 5.83. The Balaban J connectivity index is 2.17. The zero-order valence-corrected chi connectivity index (χ0v) is 11.3. The van der Waals surface area contributed by atoms with Crippen molar-refractivity contribution in [3.05, 3.63) is 20.8 Å². The smallest absolute Gasteiger partial charge is 0.0960 e. The maximum absolute atomic E-state index is 6.13.